The Morgan fingerprint density at radius 1 is 0.854 bits per heavy atom. The van der Waals surface area contributed by atoms with Crippen molar-refractivity contribution in [3.63, 3.8) is 0 Å². The predicted octanol–water partition coefficient (Wildman–Crippen LogP) is 5.63. The van der Waals surface area contributed by atoms with E-state index in [0.29, 0.717) is 66.8 Å². The molecule has 2 heterocycles. The summed E-state index contributed by atoms with van der Waals surface area (Å²) in [6, 6.07) is 20.1. The summed E-state index contributed by atoms with van der Waals surface area (Å²) in [7, 11) is 7.77. The molecule has 1 aliphatic heterocycles. The van der Waals surface area contributed by atoms with E-state index in [-0.39, 0.29) is 17.8 Å². The Bertz CT molecular complexity index is 1940. The van der Waals surface area contributed by atoms with Gasteiger partial charge in [0.15, 0.2) is 5.78 Å². The maximum atomic E-state index is 13.3. The Morgan fingerprint density at radius 3 is 2.40 bits per heavy atom. The zero-order chi connectivity index (χ0) is 34.2. The van der Waals surface area contributed by atoms with E-state index >= 15 is 0 Å². The van der Waals surface area contributed by atoms with Crippen LogP contribution in [0.2, 0.25) is 0 Å². The maximum Gasteiger partial charge on any atom is 0.203 e. The van der Waals surface area contributed by atoms with Crippen LogP contribution < -0.4 is 19.9 Å². The van der Waals surface area contributed by atoms with Crippen LogP contribution in [0.1, 0.15) is 51.5 Å². The molecule has 5 rings (SSSR count). The van der Waals surface area contributed by atoms with E-state index in [0.717, 1.165) is 46.4 Å². The average Bonchev–Trinajstić information content (AvgIpc) is 3.53. The fourth-order valence-electron chi connectivity index (χ4n) is 5.56. The van der Waals surface area contributed by atoms with E-state index in [2.05, 4.69) is 0 Å². The molecule has 2 aliphatic rings. The number of ether oxygens (including phenoxy) is 2. The molecule has 0 atom stereocenters. The van der Waals surface area contributed by atoms with Crippen molar-refractivity contribution in [3.8, 4) is 22.5 Å². The summed E-state index contributed by atoms with van der Waals surface area (Å²) in [6.45, 7) is 1.54. The van der Waals surface area contributed by atoms with Crippen LogP contribution in [0.15, 0.2) is 75.6 Å². The van der Waals surface area contributed by atoms with Crippen LogP contribution in [-0.4, -0.2) is 65.6 Å². The summed E-state index contributed by atoms with van der Waals surface area (Å²) in [5, 5.41) is 14.1. The van der Waals surface area contributed by atoms with E-state index in [1.807, 2.05) is 86.2 Å². The van der Waals surface area contributed by atoms with Gasteiger partial charge >= 0.3 is 0 Å². The molecule has 0 bridgehead atoms. The van der Waals surface area contributed by atoms with Gasteiger partial charge in [-0.15, -0.1) is 11.6 Å². The van der Waals surface area contributed by atoms with E-state index in [9.17, 15) is 14.7 Å². The van der Waals surface area contributed by atoms with Gasteiger partial charge in [0.1, 0.15) is 43.6 Å². The van der Waals surface area contributed by atoms with Crippen LogP contribution in [0, 0.1) is 0 Å². The molecule has 0 unspecified atom stereocenters. The largest absolute Gasteiger partial charge is 0.545 e. The number of hydrogen-bond donors (Lipinski definition) is 0. The number of hydrogen-bond acceptors (Lipinski definition) is 8. The van der Waals surface area contributed by atoms with Crippen LogP contribution in [0.5, 0.6) is 0 Å². The summed E-state index contributed by atoms with van der Waals surface area (Å²) in [6.07, 6.45) is 2.42. The topological polar surface area (TPSA) is 108 Å². The summed E-state index contributed by atoms with van der Waals surface area (Å²) < 4.78 is 25.4. The van der Waals surface area contributed by atoms with Crippen molar-refractivity contribution < 1.29 is 33.0 Å². The molecule has 0 amide bonds. The quantitative estimate of drug-likeness (QED) is 0.0437. The number of anilines is 1. The standard InChI is InChI=1S/C38H41ClN2O7/c1-40(2)26-10-15-31-35(22-26)48-36-23-27(41(3)4)11-16-32(36)37(31)33-21-25(9-14-30(33)38(43)44)34(42)8-6-18-45-19-20-46-24-29-13-12-28(47-29)7-5-17-39/h9-16,21-23H,5-8,17-20,24H2,1-4H3. The Hall–Kier alpha value is -4.44. The number of carboxylic acid groups (broad SMARTS) is 1. The van der Waals surface area contributed by atoms with Gasteiger partial charge in [-0.1, -0.05) is 12.1 Å². The molecule has 3 aromatic rings. The summed E-state index contributed by atoms with van der Waals surface area (Å²) in [5.74, 6) is 1.42. The Labute approximate surface area is 285 Å². The molecule has 0 fully saturated rings. The summed E-state index contributed by atoms with van der Waals surface area (Å²) in [5.41, 5.74) is 3.74. The highest BCUT2D eigenvalue weighted by Gasteiger charge is 2.22. The number of Topliss-reactive ketones (excluding diaryl/α,β-unsaturated/α-hetero) is 1. The lowest BCUT2D eigenvalue weighted by atomic mass is 9.88. The number of halogens is 1. The molecule has 9 nitrogen and oxygen atoms in total. The first-order chi connectivity index (χ1) is 23.2. The number of carboxylic acids is 1. The molecule has 252 valence electrons. The molecule has 0 saturated heterocycles. The third-order valence-corrected chi connectivity index (χ3v) is 8.40. The van der Waals surface area contributed by atoms with Crippen LogP contribution in [0.25, 0.3) is 33.4 Å². The maximum absolute atomic E-state index is 13.3. The minimum absolute atomic E-state index is 0.00177. The third-order valence-electron chi connectivity index (χ3n) is 8.14. The second-order valence-electron chi connectivity index (χ2n) is 12.0. The smallest absolute Gasteiger partial charge is 0.203 e. The number of aryl methyl sites for hydroxylation is 1. The highest BCUT2D eigenvalue weighted by Crippen LogP contribution is 2.42. The molecule has 1 aliphatic carbocycles. The SMILES string of the molecule is CN(C)c1ccc2c(-c3cc(C(=O)CCCOCCOCc4ccc(CCCCl)o4)ccc3C(=O)[O-])c3ccc(=[N+](C)C)cc-3oc2c1. The van der Waals surface area contributed by atoms with Crippen LogP contribution >= 0.6 is 11.6 Å². The lowest BCUT2D eigenvalue weighted by Gasteiger charge is -2.20. The number of nitrogens with zero attached hydrogens (tertiary/aromatic N) is 2. The van der Waals surface area contributed by atoms with Crippen molar-refractivity contribution in [2.75, 3.05) is 58.8 Å². The van der Waals surface area contributed by atoms with Crippen molar-refractivity contribution in [1.29, 1.82) is 0 Å². The lowest BCUT2D eigenvalue weighted by molar-refractivity contribution is -0.254. The minimum Gasteiger partial charge on any atom is -0.545 e. The van der Waals surface area contributed by atoms with Gasteiger partial charge in [-0.05, 0) is 54.8 Å². The van der Waals surface area contributed by atoms with Gasteiger partial charge in [0, 0.05) is 84.9 Å². The van der Waals surface area contributed by atoms with Crippen molar-refractivity contribution in [2.24, 2.45) is 0 Å². The molecule has 0 spiro atoms. The van der Waals surface area contributed by atoms with Gasteiger partial charge < -0.3 is 33.1 Å². The van der Waals surface area contributed by atoms with Gasteiger partial charge in [-0.3, -0.25) is 4.79 Å². The zero-order valence-electron chi connectivity index (χ0n) is 27.8. The second-order valence-corrected chi connectivity index (χ2v) is 12.4. The second kappa shape index (κ2) is 16.1. The number of benzene rings is 3. The molecule has 0 saturated carbocycles. The number of alkyl halides is 1. The first-order valence-corrected chi connectivity index (χ1v) is 16.6. The van der Waals surface area contributed by atoms with Gasteiger partial charge in [-0.2, -0.15) is 0 Å². The average molecular weight is 673 g/mol. The molecule has 1 aromatic heterocycles. The van der Waals surface area contributed by atoms with Crippen molar-refractivity contribution in [3.05, 3.63) is 94.7 Å². The molecule has 2 aromatic carbocycles. The number of carbonyl (C=O) groups excluding carboxylic acids is 2. The zero-order valence-corrected chi connectivity index (χ0v) is 28.6. The number of ketones is 1. The Morgan fingerprint density at radius 2 is 1.65 bits per heavy atom. The third kappa shape index (κ3) is 8.34. The number of carbonyl (C=O) groups is 2. The van der Waals surface area contributed by atoms with Crippen molar-refractivity contribution in [1.82, 2.24) is 4.58 Å². The highest BCUT2D eigenvalue weighted by atomic mass is 35.5. The Kier molecular flexibility index (Phi) is 11.7. The number of fused-ring (bicyclic) bond motifs is 2. The number of aromatic carboxylic acids is 1. The first-order valence-electron chi connectivity index (χ1n) is 16.0. The van der Waals surface area contributed by atoms with Gasteiger partial charge in [-0.25, -0.2) is 4.58 Å². The minimum atomic E-state index is -1.32. The van der Waals surface area contributed by atoms with Gasteiger partial charge in [0.2, 0.25) is 5.36 Å². The molecular weight excluding hydrogens is 632 g/mol. The molecule has 48 heavy (non-hydrogen) atoms. The van der Waals surface area contributed by atoms with Gasteiger partial charge in [0.25, 0.3) is 0 Å². The van der Waals surface area contributed by atoms with Gasteiger partial charge in [0.05, 0.1) is 25.2 Å². The monoisotopic (exact) mass is 672 g/mol. The van der Waals surface area contributed by atoms with Crippen LogP contribution in [-0.2, 0) is 22.5 Å². The molecule has 0 N–H and O–H groups in total. The molecular formula is C38H41ClN2O7. The van der Waals surface area contributed by atoms with E-state index in [1.165, 1.54) is 6.07 Å². The van der Waals surface area contributed by atoms with Crippen molar-refractivity contribution >= 4 is 40.0 Å². The lowest BCUT2D eigenvalue weighted by Crippen LogP contribution is -2.23. The first kappa shape index (κ1) is 34.9. The van der Waals surface area contributed by atoms with E-state index in [1.54, 1.807) is 12.1 Å². The summed E-state index contributed by atoms with van der Waals surface area (Å²) in [4.78, 5) is 27.7. The number of rotatable bonds is 16. The van der Waals surface area contributed by atoms with Crippen LogP contribution in [0.3, 0.4) is 0 Å². The predicted molar refractivity (Wildman–Crippen MR) is 186 cm³/mol. The molecule has 0 radical (unpaired) electrons. The van der Waals surface area contributed by atoms with E-state index < -0.39 is 5.97 Å². The van der Waals surface area contributed by atoms with E-state index in [4.69, 9.17) is 29.9 Å². The normalized spacial score (nSPS) is 11.4. The highest BCUT2D eigenvalue weighted by molar-refractivity contribution is 6.17. The molecule has 10 heteroatoms. The summed E-state index contributed by atoms with van der Waals surface area (Å²) >= 11 is 5.74. The fourth-order valence-corrected chi connectivity index (χ4v) is 5.70. The number of furan rings is 1. The van der Waals surface area contributed by atoms with Crippen LogP contribution in [0.4, 0.5) is 5.69 Å². The Balaban J connectivity index is 1.31. The fraction of sp³-hybridized carbons (Fsp3) is 0.342. The van der Waals surface area contributed by atoms with Crippen molar-refractivity contribution in [2.45, 2.75) is 32.3 Å².